The molecule has 0 saturated heterocycles. The fraction of sp³-hybridized carbons (Fsp3) is 0.700. The Kier molecular flexibility index (Phi) is 3.34. The first-order valence-corrected chi connectivity index (χ1v) is 8.91. The van der Waals surface area contributed by atoms with Gasteiger partial charge in [0.1, 0.15) is 0 Å². The Morgan fingerprint density at radius 2 is 2.04 bits per heavy atom. The molecule has 4 aliphatic rings. The number of ether oxygens (including phenoxy) is 1. The maximum absolute atomic E-state index is 10.4. The minimum absolute atomic E-state index is 0.0263. The van der Waals surface area contributed by atoms with E-state index >= 15 is 0 Å². The molecule has 7 atom stereocenters. The molecule has 0 aromatic heterocycles. The van der Waals surface area contributed by atoms with Crippen LogP contribution in [-0.4, -0.2) is 29.5 Å². The van der Waals surface area contributed by atoms with E-state index in [-0.39, 0.29) is 23.0 Å². The summed E-state index contributed by atoms with van der Waals surface area (Å²) in [7, 11) is 1.80. The Hall–Kier alpha value is -1.06. The van der Waals surface area contributed by atoms with Crippen LogP contribution in [0.3, 0.4) is 0 Å². The molecule has 1 fully saturated rings. The second-order valence-corrected chi connectivity index (χ2v) is 8.38. The van der Waals surface area contributed by atoms with E-state index in [9.17, 15) is 10.2 Å². The average Bonchev–Trinajstić information content (AvgIpc) is 2.83. The van der Waals surface area contributed by atoms with Crippen molar-refractivity contribution in [2.24, 2.45) is 28.6 Å². The Morgan fingerprint density at radius 1 is 1.26 bits per heavy atom. The molecule has 2 N–H and O–H groups in total. The fourth-order valence-electron chi connectivity index (χ4n) is 5.98. The molecule has 0 aliphatic heterocycles. The molecule has 0 amide bonds. The highest BCUT2D eigenvalue weighted by Gasteiger charge is 2.58. The van der Waals surface area contributed by atoms with Gasteiger partial charge in [-0.1, -0.05) is 37.6 Å². The van der Waals surface area contributed by atoms with Crippen LogP contribution in [0.25, 0.3) is 0 Å². The molecule has 126 valence electrons. The van der Waals surface area contributed by atoms with Crippen molar-refractivity contribution >= 4 is 0 Å². The minimum atomic E-state index is -0.366. The van der Waals surface area contributed by atoms with Crippen molar-refractivity contribution in [1.82, 2.24) is 0 Å². The summed E-state index contributed by atoms with van der Waals surface area (Å²) in [6, 6.07) is 0. The first-order valence-electron chi connectivity index (χ1n) is 8.91. The average molecular weight is 316 g/mol. The molecular formula is C20H28O3. The van der Waals surface area contributed by atoms with Gasteiger partial charge in [0.15, 0.2) is 0 Å². The second kappa shape index (κ2) is 4.97. The lowest BCUT2D eigenvalue weighted by Crippen LogP contribution is -2.53. The lowest BCUT2D eigenvalue weighted by atomic mass is 9.48. The highest BCUT2D eigenvalue weighted by atomic mass is 16.5. The normalized spacial score (nSPS) is 51.4. The highest BCUT2D eigenvalue weighted by Crippen LogP contribution is 2.63. The Labute approximate surface area is 138 Å². The summed E-state index contributed by atoms with van der Waals surface area (Å²) < 4.78 is 5.89. The lowest BCUT2D eigenvalue weighted by Gasteiger charge is -2.57. The third-order valence-corrected chi connectivity index (χ3v) is 7.45. The van der Waals surface area contributed by atoms with Gasteiger partial charge in [-0.2, -0.15) is 0 Å². The molecule has 4 aliphatic carbocycles. The predicted octanol–water partition coefficient (Wildman–Crippen LogP) is 3.76. The van der Waals surface area contributed by atoms with Crippen LogP contribution in [0.1, 0.15) is 39.5 Å². The number of methoxy groups -OCH3 is 1. The third kappa shape index (κ3) is 1.96. The van der Waals surface area contributed by atoms with Gasteiger partial charge in [0.2, 0.25) is 0 Å². The van der Waals surface area contributed by atoms with Crippen LogP contribution in [0.2, 0.25) is 0 Å². The Balaban J connectivity index is 1.78. The molecule has 1 saturated carbocycles. The summed E-state index contributed by atoms with van der Waals surface area (Å²) in [5.41, 5.74) is 1.27. The molecule has 3 heteroatoms. The lowest BCUT2D eigenvalue weighted by molar-refractivity contribution is -0.0767. The number of hydrogen-bond acceptors (Lipinski definition) is 3. The van der Waals surface area contributed by atoms with Crippen molar-refractivity contribution in [2.45, 2.75) is 51.7 Å². The third-order valence-electron chi connectivity index (χ3n) is 7.45. The summed E-state index contributed by atoms with van der Waals surface area (Å²) in [5, 5.41) is 20.5. The van der Waals surface area contributed by atoms with E-state index in [1.54, 1.807) is 7.11 Å². The first kappa shape index (κ1) is 15.5. The smallest absolute Gasteiger partial charge is 0.0944 e. The van der Waals surface area contributed by atoms with E-state index in [1.165, 1.54) is 5.57 Å². The van der Waals surface area contributed by atoms with E-state index in [1.807, 2.05) is 12.2 Å². The number of fused-ring (bicyclic) bond motifs is 5. The summed E-state index contributed by atoms with van der Waals surface area (Å²) in [6.45, 7) is 4.55. The fourth-order valence-corrected chi connectivity index (χ4v) is 5.98. The molecule has 0 heterocycles. The molecule has 23 heavy (non-hydrogen) atoms. The zero-order valence-electron chi connectivity index (χ0n) is 14.3. The van der Waals surface area contributed by atoms with Crippen LogP contribution in [0.5, 0.6) is 0 Å². The number of allylic oxidation sites excluding steroid dienone is 3. The zero-order chi connectivity index (χ0) is 16.4. The van der Waals surface area contributed by atoms with Crippen molar-refractivity contribution in [3.8, 4) is 0 Å². The van der Waals surface area contributed by atoms with Gasteiger partial charge in [0, 0.05) is 17.9 Å². The van der Waals surface area contributed by atoms with Crippen molar-refractivity contribution < 1.29 is 14.9 Å². The summed E-state index contributed by atoms with van der Waals surface area (Å²) in [6.07, 6.45) is 12.1. The van der Waals surface area contributed by atoms with E-state index < -0.39 is 0 Å². The molecule has 0 bridgehead atoms. The van der Waals surface area contributed by atoms with Crippen LogP contribution in [-0.2, 0) is 4.74 Å². The molecular weight excluding hydrogens is 288 g/mol. The quantitative estimate of drug-likeness (QED) is 0.724. The Morgan fingerprint density at radius 3 is 2.78 bits per heavy atom. The molecule has 4 rings (SSSR count). The van der Waals surface area contributed by atoms with Crippen LogP contribution in [0.15, 0.2) is 35.6 Å². The van der Waals surface area contributed by atoms with Crippen LogP contribution < -0.4 is 0 Å². The van der Waals surface area contributed by atoms with Gasteiger partial charge >= 0.3 is 0 Å². The minimum Gasteiger partial charge on any atom is -0.512 e. The zero-order valence-corrected chi connectivity index (χ0v) is 14.3. The maximum Gasteiger partial charge on any atom is 0.0944 e. The summed E-state index contributed by atoms with van der Waals surface area (Å²) in [5.74, 6) is 1.98. The van der Waals surface area contributed by atoms with Gasteiger partial charge in [-0.25, -0.2) is 0 Å². The predicted molar refractivity (Wildman–Crippen MR) is 89.9 cm³/mol. The topological polar surface area (TPSA) is 49.7 Å². The second-order valence-electron chi connectivity index (χ2n) is 8.38. The maximum atomic E-state index is 10.4. The van der Waals surface area contributed by atoms with Gasteiger partial charge in [0.25, 0.3) is 0 Å². The van der Waals surface area contributed by atoms with Gasteiger partial charge in [0.05, 0.1) is 18.0 Å². The number of rotatable bonds is 1. The SMILES string of the molecule is COC1C=C2CC(O)C=C[C@]2(C)[C@@H]2CC[C@]3(C)C(O)=CC[C@H]3[C@H]12. The van der Waals surface area contributed by atoms with E-state index in [0.29, 0.717) is 23.5 Å². The summed E-state index contributed by atoms with van der Waals surface area (Å²) in [4.78, 5) is 0. The van der Waals surface area contributed by atoms with Gasteiger partial charge < -0.3 is 14.9 Å². The van der Waals surface area contributed by atoms with Crippen molar-refractivity contribution in [2.75, 3.05) is 7.11 Å². The monoisotopic (exact) mass is 316 g/mol. The van der Waals surface area contributed by atoms with Crippen molar-refractivity contribution in [3.63, 3.8) is 0 Å². The molecule has 0 radical (unpaired) electrons. The number of aliphatic hydroxyl groups excluding tert-OH is 2. The molecule has 0 aromatic rings. The standard InChI is InChI=1S/C20H28O3/c1-19-8-6-13(21)10-12(19)11-16(23-3)18-14-4-5-17(22)20(14,2)9-7-15(18)19/h5-6,8,11,13-16,18,21-22H,4,7,9-10H2,1-3H3/t13?,14-,15+,16?,18-,19-,20-/m0/s1. The first-order chi connectivity index (χ1) is 10.9. The number of aliphatic hydroxyl groups is 2. The Bertz CT molecular complexity index is 604. The molecule has 0 aromatic carbocycles. The van der Waals surface area contributed by atoms with Gasteiger partial charge in [-0.15, -0.1) is 0 Å². The van der Waals surface area contributed by atoms with Crippen molar-refractivity contribution in [3.05, 3.63) is 35.6 Å². The highest BCUT2D eigenvalue weighted by molar-refractivity contribution is 5.35. The van der Waals surface area contributed by atoms with Gasteiger partial charge in [-0.3, -0.25) is 0 Å². The molecule has 2 unspecified atom stereocenters. The van der Waals surface area contributed by atoms with E-state index in [2.05, 4.69) is 26.0 Å². The number of hydrogen-bond donors (Lipinski definition) is 2. The molecule has 3 nitrogen and oxygen atoms in total. The largest absolute Gasteiger partial charge is 0.512 e. The van der Waals surface area contributed by atoms with Gasteiger partial charge in [-0.05, 0) is 49.5 Å². The van der Waals surface area contributed by atoms with E-state index in [0.717, 1.165) is 25.7 Å². The van der Waals surface area contributed by atoms with Crippen molar-refractivity contribution in [1.29, 1.82) is 0 Å². The van der Waals surface area contributed by atoms with Crippen LogP contribution in [0.4, 0.5) is 0 Å². The van der Waals surface area contributed by atoms with Crippen LogP contribution >= 0.6 is 0 Å². The van der Waals surface area contributed by atoms with Crippen LogP contribution in [0, 0.1) is 28.6 Å². The van der Waals surface area contributed by atoms with E-state index in [4.69, 9.17) is 4.74 Å². The molecule has 0 spiro atoms. The summed E-state index contributed by atoms with van der Waals surface area (Å²) >= 11 is 0.